The Hall–Kier alpha value is -1.09. The summed E-state index contributed by atoms with van der Waals surface area (Å²) in [5.74, 6) is 0. The van der Waals surface area contributed by atoms with E-state index >= 15 is 0 Å². The number of pyridine rings is 1. The Balaban J connectivity index is 1.95. The van der Waals surface area contributed by atoms with Gasteiger partial charge in [0.25, 0.3) is 0 Å². The van der Waals surface area contributed by atoms with Gasteiger partial charge in [0.05, 0.1) is 5.69 Å². The normalized spacial score (nSPS) is 18.7. The first-order chi connectivity index (χ1) is 7.34. The Kier molecular flexibility index (Phi) is 3.56. The molecule has 0 saturated carbocycles. The second-order valence-corrected chi connectivity index (χ2v) is 4.32. The molecular formula is C12H19N3. The Labute approximate surface area is 91.3 Å². The highest BCUT2D eigenvalue weighted by molar-refractivity contribution is 5.36. The number of hydrogen-bond acceptors (Lipinski definition) is 3. The van der Waals surface area contributed by atoms with Gasteiger partial charge in [-0.05, 0) is 37.6 Å². The molecule has 1 saturated heterocycles. The van der Waals surface area contributed by atoms with E-state index in [1.54, 1.807) is 6.20 Å². The van der Waals surface area contributed by atoms with Crippen molar-refractivity contribution in [1.82, 2.24) is 9.88 Å². The maximum Gasteiger partial charge on any atom is 0.0503 e. The van der Waals surface area contributed by atoms with Crippen molar-refractivity contribution in [2.45, 2.75) is 32.2 Å². The quantitative estimate of drug-likeness (QED) is 0.803. The summed E-state index contributed by atoms with van der Waals surface area (Å²) in [5.41, 5.74) is 7.71. The Morgan fingerprint density at radius 3 is 2.53 bits per heavy atom. The van der Waals surface area contributed by atoms with Crippen LogP contribution in [-0.4, -0.2) is 23.0 Å². The summed E-state index contributed by atoms with van der Waals surface area (Å²) in [6, 6.07) is 2.03. The summed E-state index contributed by atoms with van der Waals surface area (Å²) in [6.45, 7) is 3.43. The van der Waals surface area contributed by atoms with Crippen LogP contribution in [0.1, 0.15) is 31.2 Å². The maximum atomic E-state index is 5.71. The van der Waals surface area contributed by atoms with E-state index in [-0.39, 0.29) is 0 Å². The van der Waals surface area contributed by atoms with Crippen LogP contribution in [0.15, 0.2) is 18.5 Å². The fourth-order valence-electron chi connectivity index (χ4n) is 2.15. The van der Waals surface area contributed by atoms with E-state index in [9.17, 15) is 0 Å². The summed E-state index contributed by atoms with van der Waals surface area (Å²) in [4.78, 5) is 6.62. The first kappa shape index (κ1) is 10.4. The third-order valence-corrected chi connectivity index (χ3v) is 2.92. The molecule has 0 amide bonds. The van der Waals surface area contributed by atoms with Crippen molar-refractivity contribution in [2.24, 2.45) is 0 Å². The lowest BCUT2D eigenvalue weighted by molar-refractivity contribution is 0.277. The Morgan fingerprint density at radius 1 is 1.13 bits per heavy atom. The van der Waals surface area contributed by atoms with Gasteiger partial charge in [-0.3, -0.25) is 9.88 Å². The van der Waals surface area contributed by atoms with Crippen molar-refractivity contribution >= 4 is 5.69 Å². The molecule has 2 N–H and O–H groups in total. The highest BCUT2D eigenvalue weighted by Crippen LogP contribution is 2.13. The van der Waals surface area contributed by atoms with Gasteiger partial charge in [-0.25, -0.2) is 0 Å². The summed E-state index contributed by atoms with van der Waals surface area (Å²) >= 11 is 0. The van der Waals surface area contributed by atoms with E-state index in [0.717, 1.165) is 12.2 Å². The molecule has 1 aliphatic heterocycles. The fraction of sp³-hybridized carbons (Fsp3) is 0.583. The number of aromatic nitrogens is 1. The minimum absolute atomic E-state index is 0.766. The molecule has 0 aromatic carbocycles. The molecule has 0 radical (unpaired) electrons. The minimum atomic E-state index is 0.766. The Morgan fingerprint density at radius 2 is 1.87 bits per heavy atom. The van der Waals surface area contributed by atoms with Gasteiger partial charge in [0.15, 0.2) is 0 Å². The predicted molar refractivity (Wildman–Crippen MR) is 62.4 cm³/mol. The molecule has 1 aliphatic rings. The van der Waals surface area contributed by atoms with Gasteiger partial charge in [0, 0.05) is 18.9 Å². The molecule has 0 unspecified atom stereocenters. The zero-order valence-corrected chi connectivity index (χ0v) is 9.15. The lowest BCUT2D eigenvalue weighted by Gasteiger charge is -2.19. The molecule has 1 aromatic heterocycles. The third-order valence-electron chi connectivity index (χ3n) is 2.92. The molecule has 0 spiro atoms. The van der Waals surface area contributed by atoms with Crippen molar-refractivity contribution in [1.29, 1.82) is 0 Å². The topological polar surface area (TPSA) is 42.1 Å². The van der Waals surface area contributed by atoms with Crippen LogP contribution in [0.3, 0.4) is 0 Å². The standard InChI is InChI=1S/C12H19N3/c13-12-7-11(8-14-9-12)10-15-5-3-1-2-4-6-15/h7-9H,1-6,10,13H2. The van der Waals surface area contributed by atoms with E-state index in [1.165, 1.54) is 44.3 Å². The first-order valence-corrected chi connectivity index (χ1v) is 5.76. The van der Waals surface area contributed by atoms with Gasteiger partial charge in [0.2, 0.25) is 0 Å². The molecule has 3 nitrogen and oxygen atoms in total. The average Bonchev–Trinajstić information content (AvgIpc) is 2.46. The zero-order valence-electron chi connectivity index (χ0n) is 9.15. The molecule has 0 atom stereocenters. The van der Waals surface area contributed by atoms with Gasteiger partial charge in [-0.1, -0.05) is 12.8 Å². The second-order valence-electron chi connectivity index (χ2n) is 4.32. The molecule has 3 heteroatoms. The van der Waals surface area contributed by atoms with Gasteiger partial charge in [-0.2, -0.15) is 0 Å². The maximum absolute atomic E-state index is 5.71. The van der Waals surface area contributed by atoms with E-state index in [1.807, 2.05) is 12.3 Å². The Bertz CT molecular complexity index is 303. The SMILES string of the molecule is Nc1cncc(CN2CCCCCC2)c1. The second kappa shape index (κ2) is 5.12. The summed E-state index contributed by atoms with van der Waals surface area (Å²) in [7, 11) is 0. The first-order valence-electron chi connectivity index (χ1n) is 5.76. The van der Waals surface area contributed by atoms with Crippen LogP contribution in [0.5, 0.6) is 0 Å². The van der Waals surface area contributed by atoms with E-state index in [2.05, 4.69) is 9.88 Å². The van der Waals surface area contributed by atoms with Crippen LogP contribution in [0.4, 0.5) is 5.69 Å². The number of likely N-dealkylation sites (tertiary alicyclic amines) is 1. The van der Waals surface area contributed by atoms with Gasteiger partial charge < -0.3 is 5.73 Å². The summed E-state index contributed by atoms with van der Waals surface area (Å²) < 4.78 is 0. The van der Waals surface area contributed by atoms with E-state index in [0.29, 0.717) is 0 Å². The number of nitrogens with zero attached hydrogens (tertiary/aromatic N) is 2. The molecule has 0 aliphatic carbocycles. The van der Waals surface area contributed by atoms with Crippen LogP contribution in [-0.2, 0) is 6.54 Å². The van der Waals surface area contributed by atoms with Crippen molar-refractivity contribution in [2.75, 3.05) is 18.8 Å². The smallest absolute Gasteiger partial charge is 0.0503 e. The molecule has 2 rings (SSSR count). The summed E-state index contributed by atoms with van der Waals surface area (Å²) in [5, 5.41) is 0. The molecule has 1 aromatic rings. The van der Waals surface area contributed by atoms with Crippen molar-refractivity contribution in [3.05, 3.63) is 24.0 Å². The molecule has 0 bridgehead atoms. The zero-order chi connectivity index (χ0) is 10.5. The van der Waals surface area contributed by atoms with Gasteiger partial charge in [0.1, 0.15) is 0 Å². The van der Waals surface area contributed by atoms with E-state index in [4.69, 9.17) is 5.73 Å². The molecular weight excluding hydrogens is 186 g/mol. The monoisotopic (exact) mass is 205 g/mol. The number of hydrogen-bond donors (Lipinski definition) is 1. The molecule has 82 valence electrons. The number of rotatable bonds is 2. The lowest BCUT2D eigenvalue weighted by Crippen LogP contribution is -2.24. The predicted octanol–water partition coefficient (Wildman–Crippen LogP) is 2.04. The minimum Gasteiger partial charge on any atom is -0.397 e. The summed E-state index contributed by atoms with van der Waals surface area (Å²) in [6.07, 6.45) is 9.04. The highest BCUT2D eigenvalue weighted by atomic mass is 15.1. The number of anilines is 1. The van der Waals surface area contributed by atoms with E-state index < -0.39 is 0 Å². The average molecular weight is 205 g/mol. The van der Waals surface area contributed by atoms with Crippen LogP contribution in [0.25, 0.3) is 0 Å². The lowest BCUT2D eigenvalue weighted by atomic mass is 10.2. The number of nitrogen functional groups attached to an aromatic ring is 1. The van der Waals surface area contributed by atoms with Crippen molar-refractivity contribution in [3.8, 4) is 0 Å². The van der Waals surface area contributed by atoms with Crippen molar-refractivity contribution in [3.63, 3.8) is 0 Å². The van der Waals surface area contributed by atoms with Gasteiger partial charge in [-0.15, -0.1) is 0 Å². The van der Waals surface area contributed by atoms with Crippen LogP contribution in [0.2, 0.25) is 0 Å². The van der Waals surface area contributed by atoms with Crippen LogP contribution in [0, 0.1) is 0 Å². The molecule has 15 heavy (non-hydrogen) atoms. The van der Waals surface area contributed by atoms with Gasteiger partial charge >= 0.3 is 0 Å². The fourth-order valence-corrected chi connectivity index (χ4v) is 2.15. The third kappa shape index (κ3) is 3.20. The number of nitrogens with two attached hydrogens (primary N) is 1. The highest BCUT2D eigenvalue weighted by Gasteiger charge is 2.09. The van der Waals surface area contributed by atoms with Crippen LogP contribution >= 0.6 is 0 Å². The van der Waals surface area contributed by atoms with Crippen LogP contribution < -0.4 is 5.73 Å². The molecule has 2 heterocycles. The largest absolute Gasteiger partial charge is 0.397 e. The molecule has 1 fully saturated rings. The van der Waals surface area contributed by atoms with Crippen molar-refractivity contribution < 1.29 is 0 Å².